The predicted molar refractivity (Wildman–Crippen MR) is 104 cm³/mol. The summed E-state index contributed by atoms with van der Waals surface area (Å²) >= 11 is 0. The van der Waals surface area contributed by atoms with Gasteiger partial charge in [0.2, 0.25) is 11.9 Å². The van der Waals surface area contributed by atoms with Gasteiger partial charge in [0.15, 0.2) is 5.69 Å². The Morgan fingerprint density at radius 1 is 1.10 bits per heavy atom. The first-order valence-corrected chi connectivity index (χ1v) is 9.97. The van der Waals surface area contributed by atoms with E-state index in [4.69, 9.17) is 4.74 Å². The van der Waals surface area contributed by atoms with E-state index in [-0.39, 0.29) is 28.6 Å². The van der Waals surface area contributed by atoms with Crippen molar-refractivity contribution in [2.75, 3.05) is 12.4 Å². The minimum Gasteiger partial charge on any atom is -0.494 e. The van der Waals surface area contributed by atoms with Crippen LogP contribution in [0.15, 0.2) is 24.3 Å². The lowest BCUT2D eigenvalue weighted by Crippen LogP contribution is -2.43. The number of carbonyl (C=O) groups excluding carboxylic acids is 1. The number of hydrogen-bond acceptors (Lipinski definition) is 5. The van der Waals surface area contributed by atoms with Crippen LogP contribution < -0.4 is 15.4 Å². The minimum atomic E-state index is -0.942. The number of nitrogens with zero attached hydrogens (tertiary/aromatic N) is 2. The maximum Gasteiger partial charge on any atom is 0.274 e. The zero-order valence-corrected chi connectivity index (χ0v) is 16.3. The Hall–Kier alpha value is -2.77. The van der Waals surface area contributed by atoms with E-state index in [0.29, 0.717) is 11.7 Å². The van der Waals surface area contributed by atoms with E-state index in [0.717, 1.165) is 37.8 Å². The molecule has 2 aromatic rings. The number of anilines is 2. The molecule has 8 heteroatoms. The van der Waals surface area contributed by atoms with Gasteiger partial charge in [-0.2, -0.15) is 13.8 Å². The van der Waals surface area contributed by atoms with E-state index < -0.39 is 11.9 Å². The van der Waals surface area contributed by atoms with Crippen LogP contribution in [0.1, 0.15) is 55.4 Å². The standard InChI is InChI=1S/C21H24F2N4O2/c1-29-15-7-8-18(24-14-11-16(22)25-17(23)12-14)26-19(15)20(28)27-21(9-10-21)13-5-3-2-4-6-13/h7-8,11-13H,2-6,9-10H2,1H3,(H,27,28)(H,24,25,26). The number of amides is 1. The Bertz CT molecular complexity index is 891. The molecule has 29 heavy (non-hydrogen) atoms. The number of aromatic nitrogens is 2. The summed E-state index contributed by atoms with van der Waals surface area (Å²) in [7, 11) is 1.47. The average molecular weight is 402 g/mol. The van der Waals surface area contributed by atoms with Gasteiger partial charge >= 0.3 is 0 Å². The van der Waals surface area contributed by atoms with Crippen molar-refractivity contribution in [2.45, 2.75) is 50.5 Å². The fourth-order valence-electron chi connectivity index (χ4n) is 4.24. The summed E-state index contributed by atoms with van der Waals surface area (Å²) in [4.78, 5) is 20.4. The molecule has 2 aliphatic carbocycles. The maximum atomic E-state index is 13.3. The molecule has 2 N–H and O–H groups in total. The van der Waals surface area contributed by atoms with Crippen LogP contribution in [0.4, 0.5) is 20.3 Å². The molecule has 0 saturated heterocycles. The Morgan fingerprint density at radius 2 is 1.79 bits per heavy atom. The maximum absolute atomic E-state index is 13.3. The molecule has 6 nitrogen and oxygen atoms in total. The van der Waals surface area contributed by atoms with Crippen molar-refractivity contribution in [1.82, 2.24) is 15.3 Å². The fraction of sp³-hybridized carbons (Fsp3) is 0.476. The molecule has 0 bridgehead atoms. The zero-order valence-electron chi connectivity index (χ0n) is 16.3. The Kier molecular flexibility index (Phi) is 5.34. The first kappa shape index (κ1) is 19.5. The molecule has 1 amide bonds. The van der Waals surface area contributed by atoms with Gasteiger partial charge in [0.05, 0.1) is 7.11 Å². The van der Waals surface area contributed by atoms with Gasteiger partial charge in [0, 0.05) is 23.4 Å². The summed E-state index contributed by atoms with van der Waals surface area (Å²) in [6, 6.07) is 5.30. The molecule has 2 saturated carbocycles. The van der Waals surface area contributed by atoms with Gasteiger partial charge < -0.3 is 15.4 Å². The number of pyridine rings is 2. The van der Waals surface area contributed by atoms with Gasteiger partial charge in [0.1, 0.15) is 11.6 Å². The second-order valence-corrected chi connectivity index (χ2v) is 7.82. The highest BCUT2D eigenvalue weighted by Gasteiger charge is 2.50. The van der Waals surface area contributed by atoms with E-state index in [1.54, 1.807) is 12.1 Å². The molecule has 0 radical (unpaired) electrons. The molecular weight excluding hydrogens is 378 g/mol. The zero-order chi connectivity index (χ0) is 20.4. The second kappa shape index (κ2) is 7.93. The van der Waals surface area contributed by atoms with Crippen molar-refractivity contribution in [3.63, 3.8) is 0 Å². The molecular formula is C21H24F2N4O2. The van der Waals surface area contributed by atoms with Gasteiger partial charge in [-0.25, -0.2) is 4.98 Å². The third kappa shape index (κ3) is 4.31. The smallest absolute Gasteiger partial charge is 0.274 e. The summed E-state index contributed by atoms with van der Waals surface area (Å²) in [6.45, 7) is 0. The van der Waals surface area contributed by atoms with Crippen LogP contribution in [0.25, 0.3) is 0 Å². The molecule has 2 aromatic heterocycles. The quantitative estimate of drug-likeness (QED) is 0.703. The van der Waals surface area contributed by atoms with Gasteiger partial charge in [-0.3, -0.25) is 4.79 Å². The molecule has 4 rings (SSSR count). The largest absolute Gasteiger partial charge is 0.494 e. The highest BCUT2D eigenvalue weighted by molar-refractivity contribution is 5.96. The third-order valence-corrected chi connectivity index (χ3v) is 5.87. The summed E-state index contributed by atoms with van der Waals surface area (Å²) in [5.41, 5.74) is 0.166. The Morgan fingerprint density at radius 3 is 2.41 bits per heavy atom. The van der Waals surface area contributed by atoms with Crippen molar-refractivity contribution >= 4 is 17.4 Å². The minimum absolute atomic E-state index is 0.134. The first-order valence-electron chi connectivity index (χ1n) is 9.97. The number of carbonyl (C=O) groups is 1. The van der Waals surface area contributed by atoms with Crippen molar-refractivity contribution in [3.05, 3.63) is 41.9 Å². The average Bonchev–Trinajstić information content (AvgIpc) is 3.48. The van der Waals surface area contributed by atoms with E-state index >= 15 is 0 Å². The number of nitrogens with one attached hydrogen (secondary N) is 2. The monoisotopic (exact) mass is 402 g/mol. The highest BCUT2D eigenvalue weighted by Crippen LogP contribution is 2.48. The normalized spacial score (nSPS) is 18.2. The highest BCUT2D eigenvalue weighted by atomic mass is 19.1. The van der Waals surface area contributed by atoms with Crippen molar-refractivity contribution in [1.29, 1.82) is 0 Å². The third-order valence-electron chi connectivity index (χ3n) is 5.87. The lowest BCUT2D eigenvalue weighted by Gasteiger charge is -2.31. The second-order valence-electron chi connectivity index (χ2n) is 7.82. The Labute approximate surface area is 168 Å². The summed E-state index contributed by atoms with van der Waals surface area (Å²) in [5, 5.41) is 6.01. The van der Waals surface area contributed by atoms with Crippen molar-refractivity contribution in [2.24, 2.45) is 5.92 Å². The van der Waals surface area contributed by atoms with Crippen LogP contribution in [-0.2, 0) is 0 Å². The fourth-order valence-corrected chi connectivity index (χ4v) is 4.24. The number of hydrogen-bond donors (Lipinski definition) is 2. The predicted octanol–water partition coefficient (Wildman–Crippen LogP) is 4.35. The van der Waals surface area contributed by atoms with Crippen LogP contribution in [0.5, 0.6) is 5.75 Å². The van der Waals surface area contributed by atoms with Gasteiger partial charge in [-0.15, -0.1) is 0 Å². The van der Waals surface area contributed by atoms with E-state index in [1.807, 2.05) is 0 Å². The molecule has 0 aromatic carbocycles. The van der Waals surface area contributed by atoms with Crippen LogP contribution in [0.2, 0.25) is 0 Å². The number of methoxy groups -OCH3 is 1. The van der Waals surface area contributed by atoms with Crippen molar-refractivity contribution < 1.29 is 18.3 Å². The van der Waals surface area contributed by atoms with E-state index in [2.05, 4.69) is 20.6 Å². The molecule has 0 spiro atoms. The molecule has 154 valence electrons. The Balaban J connectivity index is 1.54. The van der Waals surface area contributed by atoms with Crippen LogP contribution in [0, 0.1) is 17.8 Å². The summed E-state index contributed by atoms with van der Waals surface area (Å²) in [5.74, 6) is -1.04. The number of ether oxygens (including phenoxy) is 1. The lowest BCUT2D eigenvalue weighted by atomic mass is 9.82. The van der Waals surface area contributed by atoms with Gasteiger partial charge in [0.25, 0.3) is 5.91 Å². The summed E-state index contributed by atoms with van der Waals surface area (Å²) in [6.07, 6.45) is 7.94. The van der Waals surface area contributed by atoms with E-state index in [1.165, 1.54) is 26.4 Å². The lowest BCUT2D eigenvalue weighted by molar-refractivity contribution is 0.0893. The summed E-state index contributed by atoms with van der Waals surface area (Å²) < 4.78 is 32.0. The van der Waals surface area contributed by atoms with Gasteiger partial charge in [-0.1, -0.05) is 19.3 Å². The van der Waals surface area contributed by atoms with Crippen LogP contribution >= 0.6 is 0 Å². The van der Waals surface area contributed by atoms with E-state index in [9.17, 15) is 13.6 Å². The van der Waals surface area contributed by atoms with Crippen LogP contribution in [-0.4, -0.2) is 28.5 Å². The first-order chi connectivity index (χ1) is 14.0. The molecule has 0 unspecified atom stereocenters. The number of rotatable bonds is 6. The topological polar surface area (TPSA) is 76.1 Å². The van der Waals surface area contributed by atoms with Crippen LogP contribution in [0.3, 0.4) is 0 Å². The molecule has 0 atom stereocenters. The SMILES string of the molecule is COc1ccc(Nc2cc(F)nc(F)c2)nc1C(=O)NC1(C2CCCCC2)CC1. The van der Waals surface area contributed by atoms with Crippen molar-refractivity contribution in [3.8, 4) is 5.75 Å². The molecule has 2 fully saturated rings. The molecule has 2 heterocycles. The van der Waals surface area contributed by atoms with Gasteiger partial charge in [-0.05, 0) is 43.7 Å². The molecule has 2 aliphatic rings. The molecule has 0 aliphatic heterocycles. The number of halogens is 2.